The summed E-state index contributed by atoms with van der Waals surface area (Å²) in [6, 6.07) is 13.4. The maximum absolute atomic E-state index is 12.5. The van der Waals surface area contributed by atoms with Crippen LogP contribution in [0.4, 0.5) is 11.8 Å². The summed E-state index contributed by atoms with van der Waals surface area (Å²) in [6.07, 6.45) is 5.02. The van der Waals surface area contributed by atoms with Crippen molar-refractivity contribution in [2.45, 2.75) is 13.0 Å². The van der Waals surface area contributed by atoms with Gasteiger partial charge in [0.15, 0.2) is 5.82 Å². The van der Waals surface area contributed by atoms with E-state index in [0.29, 0.717) is 5.95 Å². The summed E-state index contributed by atoms with van der Waals surface area (Å²) in [5.74, 6) is 1.87. The van der Waals surface area contributed by atoms with Gasteiger partial charge in [-0.1, -0.05) is 30.3 Å². The molecule has 1 aliphatic rings. The topological polar surface area (TPSA) is 87.1 Å². The predicted molar refractivity (Wildman–Crippen MR) is 111 cm³/mol. The second kappa shape index (κ2) is 8.74. The van der Waals surface area contributed by atoms with Crippen molar-refractivity contribution >= 4 is 17.7 Å². The second-order valence-electron chi connectivity index (χ2n) is 6.87. The van der Waals surface area contributed by atoms with Crippen molar-refractivity contribution in [1.29, 1.82) is 0 Å². The Morgan fingerprint density at radius 3 is 2.38 bits per heavy atom. The van der Waals surface area contributed by atoms with E-state index in [9.17, 15) is 4.79 Å². The Kier molecular flexibility index (Phi) is 5.71. The van der Waals surface area contributed by atoms with Crippen LogP contribution in [0.5, 0.6) is 0 Å². The van der Waals surface area contributed by atoms with E-state index in [1.54, 1.807) is 24.7 Å². The number of hydrogen-bond acceptors (Lipinski definition) is 7. The van der Waals surface area contributed by atoms with Gasteiger partial charge in [0.2, 0.25) is 11.9 Å². The fourth-order valence-corrected chi connectivity index (χ4v) is 3.33. The molecule has 3 heterocycles. The Morgan fingerprint density at radius 2 is 1.66 bits per heavy atom. The molecule has 0 saturated carbocycles. The van der Waals surface area contributed by atoms with Gasteiger partial charge in [-0.25, -0.2) is 19.9 Å². The van der Waals surface area contributed by atoms with Gasteiger partial charge in [0.25, 0.3) is 0 Å². The standard InChI is InChI=1S/C21H23N7O/c1-16(20(29)26-21-23-9-5-10-24-21)27-12-14-28(15-13-27)18-8-11-22-19(25-18)17-6-3-2-4-7-17/h2-11,16H,12-15H2,1H3,(H,23,24,26,29)/t16-/m0/s1. The number of carbonyl (C=O) groups excluding carboxylic acids is 1. The summed E-state index contributed by atoms with van der Waals surface area (Å²) in [6.45, 7) is 5.05. The van der Waals surface area contributed by atoms with E-state index in [1.165, 1.54) is 0 Å². The van der Waals surface area contributed by atoms with Gasteiger partial charge in [0.05, 0.1) is 6.04 Å². The van der Waals surface area contributed by atoms with Crippen LogP contribution in [0.25, 0.3) is 11.4 Å². The lowest BCUT2D eigenvalue weighted by molar-refractivity contribution is -0.120. The van der Waals surface area contributed by atoms with Crippen molar-refractivity contribution in [3.05, 3.63) is 61.1 Å². The number of amides is 1. The molecular weight excluding hydrogens is 366 g/mol. The Morgan fingerprint density at radius 1 is 0.931 bits per heavy atom. The SMILES string of the molecule is C[C@@H](C(=O)Nc1ncccn1)N1CCN(c2ccnc(-c3ccccc3)n2)CC1. The third kappa shape index (κ3) is 4.55. The molecule has 29 heavy (non-hydrogen) atoms. The van der Waals surface area contributed by atoms with Gasteiger partial charge in [0.1, 0.15) is 5.82 Å². The molecule has 1 aliphatic heterocycles. The van der Waals surface area contributed by atoms with Gasteiger partial charge < -0.3 is 4.90 Å². The van der Waals surface area contributed by atoms with E-state index >= 15 is 0 Å². The molecule has 1 fully saturated rings. The molecule has 2 aromatic heterocycles. The van der Waals surface area contributed by atoms with Crippen molar-refractivity contribution in [3.8, 4) is 11.4 Å². The highest BCUT2D eigenvalue weighted by molar-refractivity contribution is 5.93. The van der Waals surface area contributed by atoms with Gasteiger partial charge in [0, 0.05) is 50.3 Å². The monoisotopic (exact) mass is 389 g/mol. The van der Waals surface area contributed by atoms with Crippen LogP contribution < -0.4 is 10.2 Å². The molecule has 4 rings (SSSR count). The number of nitrogens with zero attached hydrogens (tertiary/aromatic N) is 6. The Bertz CT molecular complexity index is 944. The molecule has 0 unspecified atom stereocenters. The molecule has 1 amide bonds. The van der Waals surface area contributed by atoms with E-state index in [0.717, 1.165) is 43.4 Å². The third-order valence-electron chi connectivity index (χ3n) is 5.04. The van der Waals surface area contributed by atoms with Crippen LogP contribution in [0.2, 0.25) is 0 Å². The zero-order chi connectivity index (χ0) is 20.1. The minimum Gasteiger partial charge on any atom is -0.354 e. The molecular formula is C21H23N7O. The van der Waals surface area contributed by atoms with E-state index in [2.05, 4.69) is 30.1 Å². The normalized spacial score (nSPS) is 15.7. The Hall–Kier alpha value is -3.39. The van der Waals surface area contributed by atoms with E-state index in [4.69, 9.17) is 4.98 Å². The van der Waals surface area contributed by atoms with Crippen LogP contribution in [-0.2, 0) is 4.79 Å². The van der Waals surface area contributed by atoms with Gasteiger partial charge in [-0.2, -0.15) is 0 Å². The molecule has 0 radical (unpaired) electrons. The number of piperazine rings is 1. The second-order valence-corrected chi connectivity index (χ2v) is 6.87. The minimum atomic E-state index is -0.258. The van der Waals surface area contributed by atoms with Gasteiger partial charge in [-0.05, 0) is 19.1 Å². The van der Waals surface area contributed by atoms with E-state index in [-0.39, 0.29) is 11.9 Å². The summed E-state index contributed by atoms with van der Waals surface area (Å²) in [4.78, 5) is 34.1. The lowest BCUT2D eigenvalue weighted by Crippen LogP contribution is -2.53. The molecule has 1 atom stereocenters. The van der Waals surface area contributed by atoms with Crippen molar-refractivity contribution in [2.75, 3.05) is 36.4 Å². The first-order chi connectivity index (χ1) is 14.2. The van der Waals surface area contributed by atoms with Crippen molar-refractivity contribution in [3.63, 3.8) is 0 Å². The lowest BCUT2D eigenvalue weighted by Gasteiger charge is -2.37. The molecule has 1 N–H and O–H groups in total. The number of benzene rings is 1. The van der Waals surface area contributed by atoms with E-state index < -0.39 is 0 Å². The third-order valence-corrected chi connectivity index (χ3v) is 5.04. The molecule has 148 valence electrons. The number of anilines is 2. The fourth-order valence-electron chi connectivity index (χ4n) is 3.33. The molecule has 0 bridgehead atoms. The highest BCUT2D eigenvalue weighted by Crippen LogP contribution is 2.19. The molecule has 3 aromatic rings. The average Bonchev–Trinajstić information content (AvgIpc) is 2.80. The van der Waals surface area contributed by atoms with Crippen LogP contribution in [0.15, 0.2) is 61.1 Å². The van der Waals surface area contributed by atoms with Gasteiger partial charge in [-0.3, -0.25) is 15.0 Å². The Labute approximate surface area is 169 Å². The lowest BCUT2D eigenvalue weighted by atomic mass is 10.2. The molecule has 0 spiro atoms. The van der Waals surface area contributed by atoms with Crippen molar-refractivity contribution in [2.24, 2.45) is 0 Å². The first-order valence-electron chi connectivity index (χ1n) is 9.66. The van der Waals surface area contributed by atoms with Crippen LogP contribution in [0.3, 0.4) is 0 Å². The highest BCUT2D eigenvalue weighted by Gasteiger charge is 2.26. The number of nitrogens with one attached hydrogen (secondary N) is 1. The maximum Gasteiger partial charge on any atom is 0.243 e. The van der Waals surface area contributed by atoms with Crippen LogP contribution in [0, 0.1) is 0 Å². The first-order valence-corrected chi connectivity index (χ1v) is 9.66. The molecule has 1 aromatic carbocycles. The summed E-state index contributed by atoms with van der Waals surface area (Å²) in [5.41, 5.74) is 1.00. The minimum absolute atomic E-state index is 0.0990. The van der Waals surface area contributed by atoms with Crippen LogP contribution in [0.1, 0.15) is 6.92 Å². The van der Waals surface area contributed by atoms with Crippen LogP contribution >= 0.6 is 0 Å². The molecule has 8 nitrogen and oxygen atoms in total. The summed E-state index contributed by atoms with van der Waals surface area (Å²) < 4.78 is 0. The summed E-state index contributed by atoms with van der Waals surface area (Å²) in [5, 5.41) is 2.77. The molecule has 8 heteroatoms. The smallest absolute Gasteiger partial charge is 0.243 e. The average molecular weight is 389 g/mol. The zero-order valence-corrected chi connectivity index (χ0v) is 16.3. The predicted octanol–water partition coefficient (Wildman–Crippen LogP) is 2.08. The zero-order valence-electron chi connectivity index (χ0n) is 16.3. The van der Waals surface area contributed by atoms with Crippen LogP contribution in [-0.4, -0.2) is 63.0 Å². The fraction of sp³-hybridized carbons (Fsp3) is 0.286. The van der Waals surface area contributed by atoms with Gasteiger partial charge >= 0.3 is 0 Å². The number of aromatic nitrogens is 4. The largest absolute Gasteiger partial charge is 0.354 e. The van der Waals surface area contributed by atoms with E-state index in [1.807, 2.05) is 43.3 Å². The van der Waals surface area contributed by atoms with Crippen molar-refractivity contribution < 1.29 is 4.79 Å². The Balaban J connectivity index is 1.36. The number of hydrogen-bond donors (Lipinski definition) is 1. The first kappa shape index (κ1) is 18.9. The summed E-state index contributed by atoms with van der Waals surface area (Å²) in [7, 11) is 0. The highest BCUT2D eigenvalue weighted by atomic mass is 16.2. The molecule has 1 saturated heterocycles. The van der Waals surface area contributed by atoms with Crippen molar-refractivity contribution in [1.82, 2.24) is 24.8 Å². The quantitative estimate of drug-likeness (QED) is 0.715. The maximum atomic E-state index is 12.5. The summed E-state index contributed by atoms with van der Waals surface area (Å²) >= 11 is 0. The number of carbonyl (C=O) groups is 1. The number of rotatable bonds is 5. The van der Waals surface area contributed by atoms with Gasteiger partial charge in [-0.15, -0.1) is 0 Å². The molecule has 0 aliphatic carbocycles.